The maximum absolute atomic E-state index is 13.8. The van der Waals surface area contributed by atoms with Gasteiger partial charge in [-0.15, -0.1) is 0 Å². The largest absolute Gasteiger partial charge is 0.354 e. The van der Waals surface area contributed by atoms with Gasteiger partial charge in [-0.25, -0.2) is 18.3 Å². The molecule has 0 aromatic carbocycles. The molecular formula is C24H32F2N8O. The van der Waals surface area contributed by atoms with Crippen molar-refractivity contribution in [2.75, 3.05) is 43.4 Å². The number of likely N-dealkylation sites (N-methyl/N-ethyl adjacent to an activating group) is 1. The van der Waals surface area contributed by atoms with Crippen LogP contribution in [0.3, 0.4) is 0 Å². The highest BCUT2D eigenvalue weighted by Crippen LogP contribution is 2.35. The highest BCUT2D eigenvalue weighted by Gasteiger charge is 2.27. The number of halogens is 2. The fourth-order valence-corrected chi connectivity index (χ4v) is 5.09. The normalized spacial score (nSPS) is 21.7. The summed E-state index contributed by atoms with van der Waals surface area (Å²) in [6, 6.07) is 1.95. The summed E-state index contributed by atoms with van der Waals surface area (Å²) in [4.78, 5) is 22.3. The van der Waals surface area contributed by atoms with E-state index < -0.39 is 18.0 Å². The lowest BCUT2D eigenvalue weighted by molar-refractivity contribution is 0.102. The van der Waals surface area contributed by atoms with E-state index >= 15 is 0 Å². The standard InChI is InChI=1S/C24H32F2N8O/c1-3-16-4-6-17(7-5-16)34-15-19(21(30-34)22(25)26)28-24(35)18-14-27-33-9-8-20(29-23(18)33)32-12-10-31(2)11-13-32/h8-9,14-17,22H,3-7,10-13H2,1-2H3,(H,28,35). The van der Waals surface area contributed by atoms with E-state index in [1.807, 2.05) is 6.07 Å². The van der Waals surface area contributed by atoms with Crippen molar-refractivity contribution in [3.63, 3.8) is 0 Å². The monoisotopic (exact) mass is 486 g/mol. The molecule has 1 aliphatic heterocycles. The van der Waals surface area contributed by atoms with E-state index in [0.29, 0.717) is 11.6 Å². The molecule has 0 radical (unpaired) electrons. The number of hydrogen-bond donors (Lipinski definition) is 1. The van der Waals surface area contributed by atoms with E-state index in [0.717, 1.165) is 64.1 Å². The lowest BCUT2D eigenvalue weighted by atomic mass is 9.85. The van der Waals surface area contributed by atoms with Crippen molar-refractivity contribution in [1.29, 1.82) is 0 Å². The van der Waals surface area contributed by atoms with Crippen LogP contribution in [0.25, 0.3) is 5.65 Å². The average molecular weight is 487 g/mol. The fraction of sp³-hybridized carbons (Fsp3) is 0.583. The summed E-state index contributed by atoms with van der Waals surface area (Å²) in [7, 11) is 2.08. The van der Waals surface area contributed by atoms with Crippen LogP contribution in [0.4, 0.5) is 20.3 Å². The number of amides is 1. The van der Waals surface area contributed by atoms with Gasteiger partial charge >= 0.3 is 0 Å². The molecule has 0 unspecified atom stereocenters. The van der Waals surface area contributed by atoms with Gasteiger partial charge in [0.1, 0.15) is 11.4 Å². The number of aromatic nitrogens is 5. The molecule has 5 rings (SSSR count). The van der Waals surface area contributed by atoms with E-state index in [2.05, 4.69) is 44.3 Å². The van der Waals surface area contributed by atoms with Crippen molar-refractivity contribution in [3.05, 3.63) is 35.9 Å². The third kappa shape index (κ3) is 4.86. The van der Waals surface area contributed by atoms with Crippen LogP contribution >= 0.6 is 0 Å². The molecule has 1 saturated heterocycles. The average Bonchev–Trinajstić information content (AvgIpc) is 3.49. The van der Waals surface area contributed by atoms with Gasteiger partial charge in [0.15, 0.2) is 11.3 Å². The minimum atomic E-state index is -2.79. The molecular weight excluding hydrogens is 454 g/mol. The summed E-state index contributed by atoms with van der Waals surface area (Å²) in [6.45, 7) is 5.73. The first-order valence-electron chi connectivity index (χ1n) is 12.4. The number of rotatable bonds is 6. The highest BCUT2D eigenvalue weighted by atomic mass is 19.3. The molecule has 3 aromatic rings. The maximum Gasteiger partial charge on any atom is 0.284 e. The van der Waals surface area contributed by atoms with E-state index in [1.54, 1.807) is 17.1 Å². The van der Waals surface area contributed by atoms with Crippen molar-refractivity contribution in [3.8, 4) is 0 Å². The molecule has 2 fully saturated rings. The van der Waals surface area contributed by atoms with Crippen LogP contribution in [0, 0.1) is 5.92 Å². The Labute approximate surface area is 203 Å². The van der Waals surface area contributed by atoms with Crippen LogP contribution in [0.5, 0.6) is 0 Å². The Morgan fingerprint density at radius 1 is 1.17 bits per heavy atom. The van der Waals surface area contributed by atoms with E-state index in [4.69, 9.17) is 0 Å². The summed E-state index contributed by atoms with van der Waals surface area (Å²) < 4.78 is 30.7. The maximum atomic E-state index is 13.8. The number of nitrogens with zero attached hydrogens (tertiary/aromatic N) is 7. The topological polar surface area (TPSA) is 83.6 Å². The zero-order valence-corrected chi connectivity index (χ0v) is 20.2. The van der Waals surface area contributed by atoms with Gasteiger partial charge in [-0.3, -0.25) is 9.48 Å². The summed E-state index contributed by atoms with van der Waals surface area (Å²) >= 11 is 0. The smallest absolute Gasteiger partial charge is 0.284 e. The number of fused-ring (bicyclic) bond motifs is 1. The molecule has 35 heavy (non-hydrogen) atoms. The Morgan fingerprint density at radius 3 is 2.60 bits per heavy atom. The number of piperazine rings is 1. The van der Waals surface area contributed by atoms with Crippen molar-refractivity contribution in [1.82, 2.24) is 29.3 Å². The fourth-order valence-electron chi connectivity index (χ4n) is 5.09. The second-order valence-electron chi connectivity index (χ2n) is 9.65. The molecule has 1 N–H and O–H groups in total. The molecule has 188 valence electrons. The second kappa shape index (κ2) is 9.88. The first-order valence-corrected chi connectivity index (χ1v) is 12.4. The molecule has 0 bridgehead atoms. The first-order chi connectivity index (χ1) is 16.9. The molecule has 0 spiro atoms. The Bertz CT molecular complexity index is 1180. The molecule has 1 saturated carbocycles. The van der Waals surface area contributed by atoms with E-state index in [9.17, 15) is 13.6 Å². The van der Waals surface area contributed by atoms with Crippen LogP contribution in [0.15, 0.2) is 24.7 Å². The minimum absolute atomic E-state index is 0.0391. The van der Waals surface area contributed by atoms with Gasteiger partial charge in [-0.1, -0.05) is 13.3 Å². The number of nitrogens with one attached hydrogen (secondary N) is 1. The molecule has 2 aliphatic rings. The molecule has 9 nitrogen and oxygen atoms in total. The second-order valence-corrected chi connectivity index (χ2v) is 9.65. The molecule has 0 atom stereocenters. The van der Waals surface area contributed by atoms with E-state index in [1.165, 1.54) is 10.7 Å². The van der Waals surface area contributed by atoms with Crippen LogP contribution in [0.2, 0.25) is 0 Å². The Kier molecular flexibility index (Phi) is 6.68. The zero-order chi connectivity index (χ0) is 24.5. The molecule has 3 aromatic heterocycles. The van der Waals surface area contributed by atoms with Crippen LogP contribution < -0.4 is 10.2 Å². The van der Waals surface area contributed by atoms with Crippen molar-refractivity contribution in [2.24, 2.45) is 5.92 Å². The molecule has 11 heteroatoms. The van der Waals surface area contributed by atoms with Gasteiger partial charge in [0.05, 0.1) is 17.9 Å². The number of alkyl halides is 2. The van der Waals surface area contributed by atoms with Crippen molar-refractivity contribution < 1.29 is 13.6 Å². The van der Waals surface area contributed by atoms with Gasteiger partial charge in [0.2, 0.25) is 0 Å². The summed E-state index contributed by atoms with van der Waals surface area (Å²) in [5, 5.41) is 11.1. The summed E-state index contributed by atoms with van der Waals surface area (Å²) in [6.07, 6.45) is 7.03. The quantitative estimate of drug-likeness (QED) is 0.567. The SMILES string of the molecule is CCC1CCC(n2cc(NC(=O)c3cnn4ccc(N5CCN(C)CC5)nc34)c(C(F)F)n2)CC1. The van der Waals surface area contributed by atoms with Crippen LogP contribution in [0.1, 0.15) is 67.5 Å². The molecule has 1 amide bonds. The van der Waals surface area contributed by atoms with Crippen LogP contribution in [-0.2, 0) is 0 Å². The van der Waals surface area contributed by atoms with Gasteiger partial charge in [-0.05, 0) is 44.7 Å². The van der Waals surface area contributed by atoms with Crippen LogP contribution in [-0.4, -0.2) is 68.4 Å². The van der Waals surface area contributed by atoms with E-state index in [-0.39, 0.29) is 17.3 Å². The zero-order valence-electron chi connectivity index (χ0n) is 20.2. The number of anilines is 2. The summed E-state index contributed by atoms with van der Waals surface area (Å²) in [5.74, 6) is 0.928. The lowest BCUT2D eigenvalue weighted by Crippen LogP contribution is -2.44. The first kappa shape index (κ1) is 23.7. The van der Waals surface area contributed by atoms with Gasteiger partial charge in [0, 0.05) is 38.6 Å². The lowest BCUT2D eigenvalue weighted by Gasteiger charge is -2.33. The third-order valence-electron chi connectivity index (χ3n) is 7.41. The van der Waals surface area contributed by atoms with Crippen molar-refractivity contribution in [2.45, 2.75) is 51.5 Å². The minimum Gasteiger partial charge on any atom is -0.354 e. The van der Waals surface area contributed by atoms with Crippen molar-refractivity contribution >= 4 is 23.1 Å². The predicted octanol–water partition coefficient (Wildman–Crippen LogP) is 4.01. The number of hydrogen-bond acceptors (Lipinski definition) is 6. The van der Waals surface area contributed by atoms with Gasteiger partial charge < -0.3 is 15.1 Å². The predicted molar refractivity (Wildman–Crippen MR) is 129 cm³/mol. The Balaban J connectivity index is 1.37. The Hall–Kier alpha value is -3.08. The highest BCUT2D eigenvalue weighted by molar-refractivity contribution is 6.08. The molecule has 4 heterocycles. The number of carbonyl (C=O) groups excluding carboxylic acids is 1. The number of carbonyl (C=O) groups is 1. The van der Waals surface area contributed by atoms with Gasteiger partial charge in [0.25, 0.3) is 12.3 Å². The third-order valence-corrected chi connectivity index (χ3v) is 7.41. The summed E-state index contributed by atoms with van der Waals surface area (Å²) in [5.41, 5.74) is 0.260. The Morgan fingerprint density at radius 2 is 1.91 bits per heavy atom. The van der Waals surface area contributed by atoms with Gasteiger partial charge in [-0.2, -0.15) is 10.2 Å². The molecule has 1 aliphatic carbocycles.